The first-order valence-electron chi connectivity index (χ1n) is 9.68. The Balaban J connectivity index is 1.48. The lowest BCUT2D eigenvalue weighted by Gasteiger charge is -2.35. The largest absolute Gasteiger partial charge is 0.467 e. The molecule has 148 valence electrons. The van der Waals surface area contributed by atoms with E-state index in [1.54, 1.807) is 12.1 Å². The normalized spacial score (nSPS) is 17.1. The van der Waals surface area contributed by atoms with Gasteiger partial charge in [0.1, 0.15) is 12.3 Å². The van der Waals surface area contributed by atoms with Gasteiger partial charge in [0, 0.05) is 23.4 Å². The number of anilines is 1. The Kier molecular flexibility index (Phi) is 5.19. The summed E-state index contributed by atoms with van der Waals surface area (Å²) < 4.78 is 11.0. The minimum Gasteiger partial charge on any atom is -0.467 e. The number of nitro benzene ring substituents is 1. The lowest BCUT2D eigenvalue weighted by molar-refractivity contribution is -0.914. The number of aryl methyl sites for hydroxylation is 1. The number of ether oxygens (including phenoxy) is 2. The number of hydrogen-bond acceptors (Lipinski definition) is 5. The van der Waals surface area contributed by atoms with Crippen molar-refractivity contribution >= 4 is 11.4 Å². The summed E-state index contributed by atoms with van der Waals surface area (Å²) in [5.41, 5.74) is 5.75. The molecule has 0 aromatic heterocycles. The van der Waals surface area contributed by atoms with E-state index < -0.39 is 0 Å². The second kappa shape index (κ2) is 7.77. The second-order valence-corrected chi connectivity index (χ2v) is 7.59. The molecular formula is C21H26N3O4+. The average Bonchev–Trinajstić information content (AvgIpc) is 2.70. The number of benzene rings is 2. The molecule has 0 spiro atoms. The van der Waals surface area contributed by atoms with Crippen LogP contribution >= 0.6 is 0 Å². The number of hydrogen-bond donors (Lipinski definition) is 1. The molecule has 2 aromatic rings. The molecule has 1 fully saturated rings. The first-order chi connectivity index (χ1) is 13.5. The average molecular weight is 384 g/mol. The van der Waals surface area contributed by atoms with Crippen molar-refractivity contribution in [3.05, 3.63) is 62.7 Å². The van der Waals surface area contributed by atoms with E-state index in [9.17, 15) is 10.1 Å². The van der Waals surface area contributed by atoms with Crippen molar-refractivity contribution in [1.82, 2.24) is 0 Å². The molecule has 0 radical (unpaired) electrons. The fourth-order valence-electron chi connectivity index (χ4n) is 4.11. The predicted molar refractivity (Wildman–Crippen MR) is 106 cm³/mol. The van der Waals surface area contributed by atoms with Gasteiger partial charge in [0.15, 0.2) is 6.79 Å². The molecule has 4 rings (SSSR count). The Bertz CT molecular complexity index is 891. The second-order valence-electron chi connectivity index (χ2n) is 7.59. The molecule has 28 heavy (non-hydrogen) atoms. The van der Waals surface area contributed by atoms with Crippen molar-refractivity contribution in [3.8, 4) is 5.75 Å². The van der Waals surface area contributed by atoms with Crippen LogP contribution in [0.1, 0.15) is 22.3 Å². The third-order valence-electron chi connectivity index (χ3n) is 5.81. The van der Waals surface area contributed by atoms with Gasteiger partial charge in [-0.2, -0.15) is 0 Å². The van der Waals surface area contributed by atoms with Gasteiger partial charge in [-0.15, -0.1) is 0 Å². The molecule has 1 N–H and O–H groups in total. The Labute approximate surface area is 164 Å². The summed E-state index contributed by atoms with van der Waals surface area (Å²) in [6.07, 6.45) is 0. The third kappa shape index (κ3) is 3.68. The van der Waals surface area contributed by atoms with Gasteiger partial charge in [0.25, 0.3) is 5.69 Å². The summed E-state index contributed by atoms with van der Waals surface area (Å²) in [5.74, 6) is 0.765. The maximum absolute atomic E-state index is 11.3. The highest BCUT2D eigenvalue weighted by Gasteiger charge is 2.26. The van der Waals surface area contributed by atoms with Gasteiger partial charge in [-0.05, 0) is 31.0 Å². The Morgan fingerprint density at radius 3 is 2.75 bits per heavy atom. The summed E-state index contributed by atoms with van der Waals surface area (Å²) in [6, 6.07) is 9.68. The first-order valence-corrected chi connectivity index (χ1v) is 9.68. The highest BCUT2D eigenvalue weighted by atomic mass is 16.7. The molecule has 2 aromatic carbocycles. The molecule has 7 heteroatoms. The zero-order valence-corrected chi connectivity index (χ0v) is 16.4. The van der Waals surface area contributed by atoms with Crippen LogP contribution in [0.4, 0.5) is 11.4 Å². The van der Waals surface area contributed by atoms with Gasteiger partial charge >= 0.3 is 0 Å². The third-order valence-corrected chi connectivity index (χ3v) is 5.81. The topological polar surface area (TPSA) is 69.3 Å². The van der Waals surface area contributed by atoms with Crippen LogP contribution in [0.2, 0.25) is 0 Å². The fourth-order valence-corrected chi connectivity index (χ4v) is 4.11. The molecule has 2 aliphatic heterocycles. The number of nitrogens with one attached hydrogen (secondary N) is 1. The SMILES string of the molecule is Cc1cccc(N2CC[NH+](Cc3cc([N+](=O)[O-])cc4c3OCOC4)CC2)c1C. The maximum Gasteiger partial charge on any atom is 0.270 e. The molecule has 2 heterocycles. The molecular weight excluding hydrogens is 358 g/mol. The van der Waals surface area contributed by atoms with E-state index in [0.29, 0.717) is 6.61 Å². The van der Waals surface area contributed by atoms with E-state index in [0.717, 1.165) is 49.6 Å². The number of nitro groups is 1. The van der Waals surface area contributed by atoms with Crippen LogP contribution in [0.15, 0.2) is 30.3 Å². The van der Waals surface area contributed by atoms with E-state index in [-0.39, 0.29) is 17.4 Å². The highest BCUT2D eigenvalue weighted by Crippen LogP contribution is 2.32. The number of rotatable bonds is 4. The van der Waals surface area contributed by atoms with Crippen molar-refractivity contribution in [1.29, 1.82) is 0 Å². The minimum atomic E-state index is -0.341. The zero-order valence-electron chi connectivity index (χ0n) is 16.4. The smallest absolute Gasteiger partial charge is 0.270 e. The van der Waals surface area contributed by atoms with Crippen molar-refractivity contribution in [2.24, 2.45) is 0 Å². The first kappa shape index (κ1) is 18.7. The standard InChI is InChI=1S/C21H25N3O4/c1-15-4-3-5-20(16(15)2)23-8-6-22(7-9-23)12-17-10-19(24(25)26)11-18-13-27-14-28-21(17)18/h3-5,10-11H,6-9,12-14H2,1-2H3/p+1. The molecule has 0 amide bonds. The molecule has 2 aliphatic rings. The predicted octanol–water partition coefficient (Wildman–Crippen LogP) is 1.98. The zero-order chi connectivity index (χ0) is 19.7. The summed E-state index contributed by atoms with van der Waals surface area (Å²) in [4.78, 5) is 14.8. The van der Waals surface area contributed by atoms with E-state index >= 15 is 0 Å². The molecule has 0 bridgehead atoms. The van der Waals surface area contributed by atoms with Gasteiger partial charge < -0.3 is 19.3 Å². The van der Waals surface area contributed by atoms with Crippen molar-refractivity contribution in [2.75, 3.05) is 37.9 Å². The number of quaternary nitrogens is 1. The van der Waals surface area contributed by atoms with Crippen molar-refractivity contribution < 1.29 is 19.3 Å². The Morgan fingerprint density at radius 2 is 2.00 bits per heavy atom. The van der Waals surface area contributed by atoms with Crippen LogP contribution in [0, 0.1) is 24.0 Å². The fraction of sp³-hybridized carbons (Fsp3) is 0.429. The van der Waals surface area contributed by atoms with E-state index in [4.69, 9.17) is 9.47 Å². The monoisotopic (exact) mass is 384 g/mol. The maximum atomic E-state index is 11.3. The summed E-state index contributed by atoms with van der Waals surface area (Å²) in [5, 5.41) is 11.3. The van der Waals surface area contributed by atoms with Crippen LogP contribution in [0.25, 0.3) is 0 Å². The van der Waals surface area contributed by atoms with E-state index in [1.807, 2.05) is 0 Å². The number of non-ortho nitro benzene ring substituents is 1. The van der Waals surface area contributed by atoms with Gasteiger partial charge in [0.05, 0.1) is 43.3 Å². The van der Waals surface area contributed by atoms with Gasteiger partial charge in [0.2, 0.25) is 0 Å². The van der Waals surface area contributed by atoms with Crippen molar-refractivity contribution in [3.63, 3.8) is 0 Å². The Hall–Kier alpha value is -2.64. The quantitative estimate of drug-likeness (QED) is 0.645. The van der Waals surface area contributed by atoms with Crippen LogP contribution in [-0.4, -0.2) is 37.9 Å². The van der Waals surface area contributed by atoms with E-state index in [1.165, 1.54) is 21.7 Å². The number of piperazine rings is 1. The molecule has 0 aliphatic carbocycles. The van der Waals surface area contributed by atoms with Gasteiger partial charge in [-0.3, -0.25) is 10.1 Å². The summed E-state index contributed by atoms with van der Waals surface area (Å²) in [6.45, 7) is 9.54. The van der Waals surface area contributed by atoms with Gasteiger partial charge in [-0.25, -0.2) is 0 Å². The van der Waals surface area contributed by atoms with Crippen LogP contribution in [-0.2, 0) is 17.9 Å². The lowest BCUT2D eigenvalue weighted by Crippen LogP contribution is -3.13. The van der Waals surface area contributed by atoms with Crippen LogP contribution in [0.3, 0.4) is 0 Å². The molecule has 0 saturated carbocycles. The van der Waals surface area contributed by atoms with Gasteiger partial charge in [-0.1, -0.05) is 12.1 Å². The minimum absolute atomic E-state index is 0.108. The molecule has 0 atom stereocenters. The number of fused-ring (bicyclic) bond motifs is 1. The molecule has 7 nitrogen and oxygen atoms in total. The Morgan fingerprint density at radius 1 is 1.21 bits per heavy atom. The van der Waals surface area contributed by atoms with Crippen LogP contribution in [0.5, 0.6) is 5.75 Å². The summed E-state index contributed by atoms with van der Waals surface area (Å²) in [7, 11) is 0. The lowest BCUT2D eigenvalue weighted by atomic mass is 10.1. The van der Waals surface area contributed by atoms with Crippen LogP contribution < -0.4 is 14.5 Å². The number of nitrogens with zero attached hydrogens (tertiary/aromatic N) is 2. The van der Waals surface area contributed by atoms with Crippen molar-refractivity contribution in [2.45, 2.75) is 27.0 Å². The molecule has 1 saturated heterocycles. The summed E-state index contributed by atoms with van der Waals surface area (Å²) >= 11 is 0. The highest BCUT2D eigenvalue weighted by molar-refractivity contribution is 5.56. The molecule has 0 unspecified atom stereocenters. The van der Waals surface area contributed by atoms with E-state index in [2.05, 4.69) is 36.9 Å².